The van der Waals surface area contributed by atoms with E-state index in [0.717, 1.165) is 50.3 Å². The molecule has 0 spiro atoms. The third-order valence-corrected chi connectivity index (χ3v) is 5.22. The van der Waals surface area contributed by atoms with E-state index in [-0.39, 0.29) is 11.9 Å². The molecule has 4 rings (SSSR count). The molecule has 0 saturated heterocycles. The third kappa shape index (κ3) is 3.56. The second-order valence-electron chi connectivity index (χ2n) is 7.06. The first-order valence-electron chi connectivity index (χ1n) is 9.10. The summed E-state index contributed by atoms with van der Waals surface area (Å²) in [5, 5.41) is 3.24. The lowest BCUT2D eigenvalue weighted by Crippen LogP contribution is -2.42. The van der Waals surface area contributed by atoms with Crippen LogP contribution < -0.4 is 5.32 Å². The van der Waals surface area contributed by atoms with Crippen LogP contribution in [0.3, 0.4) is 0 Å². The smallest absolute Gasteiger partial charge is 0.234 e. The van der Waals surface area contributed by atoms with Gasteiger partial charge in [0.2, 0.25) is 5.91 Å². The molecule has 130 valence electrons. The summed E-state index contributed by atoms with van der Waals surface area (Å²) in [6.45, 7) is 3.95. The van der Waals surface area contributed by atoms with Crippen molar-refractivity contribution in [2.45, 2.75) is 45.2 Å². The highest BCUT2D eigenvalue weighted by Gasteiger charge is 2.24. The van der Waals surface area contributed by atoms with E-state index in [2.05, 4.69) is 44.5 Å². The monoisotopic (exact) mass is 336 g/mol. The highest BCUT2D eigenvalue weighted by molar-refractivity contribution is 5.78. The summed E-state index contributed by atoms with van der Waals surface area (Å²) in [5.74, 6) is 0.903. The van der Waals surface area contributed by atoms with Crippen LogP contribution in [0.15, 0.2) is 30.5 Å². The summed E-state index contributed by atoms with van der Waals surface area (Å²) in [7, 11) is 0. The minimum atomic E-state index is 0.107. The van der Waals surface area contributed by atoms with Crippen LogP contribution >= 0.6 is 0 Å². The average Bonchev–Trinajstić information content (AvgIpc) is 2.61. The van der Waals surface area contributed by atoms with Crippen LogP contribution in [-0.4, -0.2) is 33.9 Å². The number of carbonyl (C=O) groups is 1. The molecule has 0 saturated carbocycles. The third-order valence-electron chi connectivity index (χ3n) is 5.22. The molecule has 1 aromatic carbocycles. The molecule has 1 aliphatic heterocycles. The zero-order chi connectivity index (χ0) is 17.2. The second kappa shape index (κ2) is 6.92. The number of nitrogens with one attached hydrogen (secondary N) is 1. The van der Waals surface area contributed by atoms with E-state index in [1.165, 1.54) is 16.7 Å². The van der Waals surface area contributed by atoms with Crippen molar-refractivity contribution in [1.82, 2.24) is 20.2 Å². The van der Waals surface area contributed by atoms with Crippen molar-refractivity contribution in [3.63, 3.8) is 0 Å². The Kier molecular flexibility index (Phi) is 4.49. The van der Waals surface area contributed by atoms with Crippen molar-refractivity contribution in [3.8, 4) is 0 Å². The minimum absolute atomic E-state index is 0.107. The molecule has 1 amide bonds. The van der Waals surface area contributed by atoms with Gasteiger partial charge in [0.1, 0.15) is 5.82 Å². The number of carbonyl (C=O) groups excluding carboxylic acids is 1. The van der Waals surface area contributed by atoms with Crippen molar-refractivity contribution < 1.29 is 4.79 Å². The molecular weight excluding hydrogens is 312 g/mol. The lowest BCUT2D eigenvalue weighted by atomic mass is 9.88. The highest BCUT2D eigenvalue weighted by atomic mass is 16.2. The Morgan fingerprint density at radius 1 is 1.28 bits per heavy atom. The summed E-state index contributed by atoms with van der Waals surface area (Å²) in [4.78, 5) is 23.6. The zero-order valence-corrected chi connectivity index (χ0v) is 14.7. The van der Waals surface area contributed by atoms with Gasteiger partial charge in [-0.05, 0) is 49.3 Å². The van der Waals surface area contributed by atoms with Crippen LogP contribution in [0, 0.1) is 6.92 Å². The number of nitrogens with zero attached hydrogens (tertiary/aromatic N) is 3. The number of fused-ring (bicyclic) bond motifs is 2. The maximum Gasteiger partial charge on any atom is 0.234 e. The number of hydrogen-bond donors (Lipinski definition) is 1. The molecule has 2 aromatic rings. The fraction of sp³-hybridized carbons (Fsp3) is 0.450. The lowest BCUT2D eigenvalue weighted by molar-refractivity contribution is -0.123. The van der Waals surface area contributed by atoms with Gasteiger partial charge < -0.3 is 5.32 Å². The van der Waals surface area contributed by atoms with Crippen LogP contribution in [-0.2, 0) is 24.2 Å². The van der Waals surface area contributed by atoms with Crippen LogP contribution in [0.4, 0.5) is 0 Å². The van der Waals surface area contributed by atoms with Gasteiger partial charge in [0.15, 0.2) is 0 Å². The highest BCUT2D eigenvalue weighted by Crippen LogP contribution is 2.29. The number of benzene rings is 1. The largest absolute Gasteiger partial charge is 0.348 e. The number of amides is 1. The predicted molar refractivity (Wildman–Crippen MR) is 96.0 cm³/mol. The Morgan fingerprint density at radius 2 is 2.16 bits per heavy atom. The van der Waals surface area contributed by atoms with E-state index in [1.54, 1.807) is 0 Å². The molecule has 5 nitrogen and oxygen atoms in total. The topological polar surface area (TPSA) is 58.1 Å². The average molecular weight is 336 g/mol. The molecule has 1 atom stereocenters. The minimum Gasteiger partial charge on any atom is -0.348 e. The predicted octanol–water partition coefficient (Wildman–Crippen LogP) is 2.34. The van der Waals surface area contributed by atoms with E-state index in [0.29, 0.717) is 6.54 Å². The first-order chi connectivity index (χ1) is 12.2. The normalized spacial score (nSPS) is 19.8. The lowest BCUT2D eigenvalue weighted by Gasteiger charge is -2.30. The van der Waals surface area contributed by atoms with Crippen molar-refractivity contribution in [2.24, 2.45) is 0 Å². The number of hydrogen-bond acceptors (Lipinski definition) is 4. The fourth-order valence-corrected chi connectivity index (χ4v) is 3.94. The molecule has 2 aliphatic rings. The number of aromatic nitrogens is 2. The molecule has 0 radical (unpaired) electrons. The first-order valence-corrected chi connectivity index (χ1v) is 9.10. The SMILES string of the molecule is Cc1ncc2c(n1)CN(CC(=O)NC1CCCc3ccccc31)CC2. The van der Waals surface area contributed by atoms with Crippen LogP contribution in [0.25, 0.3) is 0 Å². The molecule has 2 heterocycles. The molecular formula is C20H24N4O. The van der Waals surface area contributed by atoms with Gasteiger partial charge in [0, 0.05) is 19.3 Å². The van der Waals surface area contributed by atoms with E-state index in [1.807, 2.05) is 13.1 Å². The maximum atomic E-state index is 12.6. The van der Waals surface area contributed by atoms with E-state index >= 15 is 0 Å². The summed E-state index contributed by atoms with van der Waals surface area (Å²) in [5.41, 5.74) is 4.94. The molecule has 1 N–H and O–H groups in total. The fourth-order valence-electron chi connectivity index (χ4n) is 3.94. The molecule has 0 bridgehead atoms. The van der Waals surface area contributed by atoms with E-state index < -0.39 is 0 Å². The van der Waals surface area contributed by atoms with Gasteiger partial charge >= 0.3 is 0 Å². The molecule has 1 aromatic heterocycles. The maximum absolute atomic E-state index is 12.6. The molecule has 1 unspecified atom stereocenters. The van der Waals surface area contributed by atoms with Crippen LogP contribution in [0.2, 0.25) is 0 Å². The Labute approximate surface area is 148 Å². The quantitative estimate of drug-likeness (QED) is 0.935. The van der Waals surface area contributed by atoms with Gasteiger partial charge in [0.05, 0.1) is 18.3 Å². The van der Waals surface area contributed by atoms with E-state index in [9.17, 15) is 4.79 Å². The van der Waals surface area contributed by atoms with Gasteiger partial charge in [-0.1, -0.05) is 24.3 Å². The second-order valence-corrected chi connectivity index (χ2v) is 7.06. The summed E-state index contributed by atoms with van der Waals surface area (Å²) < 4.78 is 0. The van der Waals surface area contributed by atoms with Crippen LogP contribution in [0.5, 0.6) is 0 Å². The van der Waals surface area contributed by atoms with Gasteiger partial charge in [0.25, 0.3) is 0 Å². The van der Waals surface area contributed by atoms with Gasteiger partial charge in [-0.2, -0.15) is 0 Å². The van der Waals surface area contributed by atoms with Crippen molar-refractivity contribution in [1.29, 1.82) is 0 Å². The van der Waals surface area contributed by atoms with Crippen LogP contribution in [0.1, 0.15) is 47.1 Å². The Bertz CT molecular complexity index is 789. The summed E-state index contributed by atoms with van der Waals surface area (Å²) >= 11 is 0. The van der Waals surface area contributed by atoms with E-state index in [4.69, 9.17) is 0 Å². The summed E-state index contributed by atoms with van der Waals surface area (Å²) in [6.07, 6.45) is 6.11. The zero-order valence-electron chi connectivity index (χ0n) is 14.7. The Morgan fingerprint density at radius 3 is 3.08 bits per heavy atom. The number of rotatable bonds is 3. The summed E-state index contributed by atoms with van der Waals surface area (Å²) in [6, 6.07) is 8.62. The van der Waals surface area contributed by atoms with Gasteiger partial charge in [-0.15, -0.1) is 0 Å². The Balaban J connectivity index is 1.39. The van der Waals surface area contributed by atoms with Crippen molar-refractivity contribution in [3.05, 3.63) is 58.7 Å². The Hall–Kier alpha value is -2.27. The molecule has 0 fully saturated rings. The van der Waals surface area contributed by atoms with Gasteiger partial charge in [-0.3, -0.25) is 9.69 Å². The molecule has 25 heavy (non-hydrogen) atoms. The standard InChI is InChI=1S/C20H24N4O/c1-14-21-11-16-9-10-24(12-19(16)22-14)13-20(25)23-18-8-4-6-15-5-2-3-7-17(15)18/h2-3,5,7,11,18H,4,6,8-10,12-13H2,1H3,(H,23,25). The van der Waals surface area contributed by atoms with Crippen molar-refractivity contribution >= 4 is 5.91 Å². The van der Waals surface area contributed by atoms with Gasteiger partial charge in [-0.25, -0.2) is 9.97 Å². The molecule has 1 aliphatic carbocycles. The van der Waals surface area contributed by atoms with Crippen molar-refractivity contribution in [2.75, 3.05) is 13.1 Å². The number of aryl methyl sites for hydroxylation is 2. The first kappa shape index (κ1) is 16.2. The molecule has 5 heteroatoms.